The fourth-order valence-corrected chi connectivity index (χ4v) is 2.49. The summed E-state index contributed by atoms with van der Waals surface area (Å²) < 4.78 is 8.35. The van der Waals surface area contributed by atoms with Crippen molar-refractivity contribution in [3.05, 3.63) is 47.1 Å². The fourth-order valence-electron chi connectivity index (χ4n) is 2.15. The summed E-state index contributed by atoms with van der Waals surface area (Å²) >= 11 is 3.44. The largest absolute Gasteiger partial charge is 0.494 e. The molecular formula is C15H14BrN3O. The van der Waals surface area contributed by atoms with E-state index in [0.29, 0.717) is 12.4 Å². The Morgan fingerprint density at radius 2 is 2.15 bits per heavy atom. The molecule has 4 nitrogen and oxygen atoms in total. The van der Waals surface area contributed by atoms with Crippen molar-refractivity contribution >= 4 is 27.4 Å². The Morgan fingerprint density at radius 1 is 1.30 bits per heavy atom. The van der Waals surface area contributed by atoms with E-state index in [9.17, 15) is 0 Å². The second-order valence-corrected chi connectivity index (χ2v) is 5.30. The first kappa shape index (κ1) is 13.0. The summed E-state index contributed by atoms with van der Waals surface area (Å²) in [6, 6.07) is 11.7. The Balaban J connectivity index is 2.14. The van der Waals surface area contributed by atoms with Gasteiger partial charge in [0, 0.05) is 16.2 Å². The number of imidazole rings is 1. The third kappa shape index (κ3) is 2.25. The highest BCUT2D eigenvalue weighted by Gasteiger charge is 2.12. The molecule has 0 atom stereocenters. The first-order valence-corrected chi connectivity index (χ1v) is 7.14. The molecule has 2 heterocycles. The van der Waals surface area contributed by atoms with Crippen LogP contribution in [-0.4, -0.2) is 16.0 Å². The Morgan fingerprint density at radius 3 is 2.95 bits per heavy atom. The third-order valence-corrected chi connectivity index (χ3v) is 3.51. The number of hydrogen-bond donors (Lipinski definition) is 1. The lowest BCUT2D eigenvalue weighted by molar-refractivity contribution is 0.340. The summed E-state index contributed by atoms with van der Waals surface area (Å²) in [6.45, 7) is 2.60. The number of anilines is 1. The van der Waals surface area contributed by atoms with Gasteiger partial charge >= 0.3 is 0 Å². The highest BCUT2D eigenvalue weighted by Crippen LogP contribution is 2.29. The minimum atomic E-state index is 0.620. The summed E-state index contributed by atoms with van der Waals surface area (Å²) in [5.74, 6) is 1.44. The molecule has 0 saturated carbocycles. The summed E-state index contributed by atoms with van der Waals surface area (Å²) in [4.78, 5) is 4.59. The van der Waals surface area contributed by atoms with Crippen LogP contribution in [0.5, 0.6) is 5.75 Å². The average molecular weight is 332 g/mol. The number of benzene rings is 1. The van der Waals surface area contributed by atoms with Crippen molar-refractivity contribution in [1.82, 2.24) is 9.38 Å². The molecule has 2 aromatic heterocycles. The summed E-state index contributed by atoms with van der Waals surface area (Å²) in [5, 5.41) is 0. The third-order valence-electron chi connectivity index (χ3n) is 3.04. The SMILES string of the molecule is CCOc1cccc(-c2nc3ccc(Br)cn3c2N)c1. The van der Waals surface area contributed by atoms with Gasteiger partial charge in [0.15, 0.2) is 0 Å². The summed E-state index contributed by atoms with van der Waals surface area (Å²) in [6.07, 6.45) is 1.91. The van der Waals surface area contributed by atoms with E-state index < -0.39 is 0 Å². The molecule has 0 spiro atoms. The molecule has 0 aliphatic rings. The van der Waals surface area contributed by atoms with Gasteiger partial charge in [0.05, 0.1) is 6.61 Å². The molecule has 0 amide bonds. The van der Waals surface area contributed by atoms with Crippen molar-refractivity contribution in [3.8, 4) is 17.0 Å². The molecule has 1 aromatic carbocycles. The molecule has 2 N–H and O–H groups in total. The van der Waals surface area contributed by atoms with Crippen LogP contribution in [0.15, 0.2) is 47.1 Å². The highest BCUT2D eigenvalue weighted by atomic mass is 79.9. The number of rotatable bonds is 3. The number of pyridine rings is 1. The molecule has 0 aliphatic heterocycles. The zero-order valence-corrected chi connectivity index (χ0v) is 12.6. The Bertz CT molecular complexity index is 767. The lowest BCUT2D eigenvalue weighted by Gasteiger charge is -2.05. The average Bonchev–Trinajstić information content (AvgIpc) is 2.77. The molecule has 0 bridgehead atoms. The first-order valence-electron chi connectivity index (χ1n) is 6.35. The lowest BCUT2D eigenvalue weighted by Crippen LogP contribution is -1.95. The number of nitrogens with zero attached hydrogens (tertiary/aromatic N) is 2. The molecule has 0 fully saturated rings. The minimum absolute atomic E-state index is 0.620. The van der Waals surface area contributed by atoms with E-state index in [0.717, 1.165) is 27.1 Å². The van der Waals surface area contributed by atoms with Crippen LogP contribution >= 0.6 is 15.9 Å². The molecule has 20 heavy (non-hydrogen) atoms. The molecule has 5 heteroatoms. The maximum Gasteiger partial charge on any atom is 0.139 e. The van der Waals surface area contributed by atoms with Gasteiger partial charge in [-0.1, -0.05) is 12.1 Å². The number of ether oxygens (including phenoxy) is 1. The molecule has 0 aliphatic carbocycles. The van der Waals surface area contributed by atoms with E-state index >= 15 is 0 Å². The second-order valence-electron chi connectivity index (χ2n) is 4.38. The van der Waals surface area contributed by atoms with Crippen molar-refractivity contribution in [1.29, 1.82) is 0 Å². The van der Waals surface area contributed by atoms with Crippen molar-refractivity contribution in [2.45, 2.75) is 6.92 Å². The van der Waals surface area contributed by atoms with Crippen LogP contribution in [0.3, 0.4) is 0 Å². The van der Waals surface area contributed by atoms with E-state index in [1.807, 2.05) is 53.9 Å². The van der Waals surface area contributed by atoms with Crippen LogP contribution in [0.25, 0.3) is 16.9 Å². The van der Waals surface area contributed by atoms with Crippen LogP contribution in [0.2, 0.25) is 0 Å². The number of aromatic nitrogens is 2. The predicted octanol–water partition coefficient (Wildman–Crippen LogP) is 3.74. The van der Waals surface area contributed by atoms with Gasteiger partial charge in [0.2, 0.25) is 0 Å². The van der Waals surface area contributed by atoms with E-state index in [2.05, 4.69) is 20.9 Å². The maximum atomic E-state index is 6.20. The van der Waals surface area contributed by atoms with E-state index in [1.165, 1.54) is 0 Å². The van der Waals surface area contributed by atoms with Gasteiger partial charge in [-0.3, -0.25) is 4.40 Å². The van der Waals surface area contributed by atoms with E-state index in [4.69, 9.17) is 10.5 Å². The molecule has 0 radical (unpaired) electrons. The van der Waals surface area contributed by atoms with Crippen molar-refractivity contribution in [3.63, 3.8) is 0 Å². The molecule has 3 aromatic rings. The van der Waals surface area contributed by atoms with Gasteiger partial charge in [-0.25, -0.2) is 4.98 Å². The standard InChI is InChI=1S/C15H14BrN3O/c1-2-20-12-5-3-4-10(8-12)14-15(17)19-9-11(16)6-7-13(19)18-14/h3-9H,2,17H2,1H3. The van der Waals surface area contributed by atoms with Crippen molar-refractivity contribution in [2.75, 3.05) is 12.3 Å². The minimum Gasteiger partial charge on any atom is -0.494 e. The normalized spacial score (nSPS) is 10.9. The smallest absolute Gasteiger partial charge is 0.139 e. The summed E-state index contributed by atoms with van der Waals surface area (Å²) in [7, 11) is 0. The van der Waals surface area contributed by atoms with Crippen molar-refractivity contribution < 1.29 is 4.74 Å². The zero-order valence-electron chi connectivity index (χ0n) is 11.0. The van der Waals surface area contributed by atoms with Crippen LogP contribution in [0.4, 0.5) is 5.82 Å². The zero-order chi connectivity index (χ0) is 14.1. The van der Waals surface area contributed by atoms with Crippen LogP contribution in [0, 0.1) is 0 Å². The quantitative estimate of drug-likeness (QED) is 0.795. The molecule has 0 unspecified atom stereocenters. The van der Waals surface area contributed by atoms with Gasteiger partial charge in [0.1, 0.15) is 22.9 Å². The van der Waals surface area contributed by atoms with E-state index in [1.54, 1.807) is 0 Å². The molecule has 102 valence electrons. The number of fused-ring (bicyclic) bond motifs is 1. The van der Waals surface area contributed by atoms with Gasteiger partial charge in [-0.15, -0.1) is 0 Å². The second kappa shape index (κ2) is 5.17. The molecule has 0 saturated heterocycles. The fraction of sp³-hybridized carbons (Fsp3) is 0.133. The van der Waals surface area contributed by atoms with Crippen LogP contribution in [-0.2, 0) is 0 Å². The van der Waals surface area contributed by atoms with Gasteiger partial charge in [-0.2, -0.15) is 0 Å². The maximum absolute atomic E-state index is 6.20. The molecular weight excluding hydrogens is 318 g/mol. The highest BCUT2D eigenvalue weighted by molar-refractivity contribution is 9.10. The monoisotopic (exact) mass is 331 g/mol. The Labute approximate surface area is 125 Å². The van der Waals surface area contributed by atoms with Crippen molar-refractivity contribution in [2.24, 2.45) is 0 Å². The predicted molar refractivity (Wildman–Crippen MR) is 83.9 cm³/mol. The Kier molecular flexibility index (Phi) is 3.36. The number of hydrogen-bond acceptors (Lipinski definition) is 3. The molecule has 3 rings (SSSR count). The van der Waals surface area contributed by atoms with Gasteiger partial charge in [-0.05, 0) is 47.1 Å². The summed E-state index contributed by atoms with van der Waals surface area (Å²) in [5.41, 5.74) is 8.74. The first-order chi connectivity index (χ1) is 9.69. The van der Waals surface area contributed by atoms with Gasteiger partial charge < -0.3 is 10.5 Å². The topological polar surface area (TPSA) is 52.5 Å². The number of nitrogen functional groups attached to an aromatic ring is 1. The van der Waals surface area contributed by atoms with Crippen LogP contribution < -0.4 is 10.5 Å². The Hall–Kier alpha value is -2.01. The van der Waals surface area contributed by atoms with E-state index in [-0.39, 0.29) is 0 Å². The van der Waals surface area contributed by atoms with Gasteiger partial charge in [0.25, 0.3) is 0 Å². The van der Waals surface area contributed by atoms with Crippen LogP contribution in [0.1, 0.15) is 6.92 Å². The number of nitrogens with two attached hydrogens (primary N) is 1. The number of halogens is 1. The lowest BCUT2D eigenvalue weighted by atomic mass is 10.1.